The van der Waals surface area contributed by atoms with E-state index < -0.39 is 17.1 Å². The molecule has 0 aliphatic rings. The Morgan fingerprint density at radius 2 is 1.95 bits per heavy atom. The summed E-state index contributed by atoms with van der Waals surface area (Å²) in [7, 11) is 0. The van der Waals surface area contributed by atoms with Gasteiger partial charge < -0.3 is 10.6 Å². The Morgan fingerprint density at radius 1 is 1.32 bits per heavy atom. The lowest BCUT2D eigenvalue weighted by atomic mass is 9.95. The van der Waals surface area contributed by atoms with Crippen LogP contribution in [-0.2, 0) is 9.59 Å². The quantitative estimate of drug-likeness (QED) is 0.815. The maximum atomic E-state index is 13.3. The van der Waals surface area contributed by atoms with Crippen molar-refractivity contribution in [2.24, 2.45) is 5.41 Å². The molecule has 0 saturated carbocycles. The van der Waals surface area contributed by atoms with Crippen LogP contribution < -0.4 is 10.6 Å². The monoisotopic (exact) mass is 286 g/mol. The van der Waals surface area contributed by atoms with Crippen molar-refractivity contribution < 1.29 is 14.0 Å². The zero-order valence-corrected chi connectivity index (χ0v) is 11.6. The van der Waals surface area contributed by atoms with Gasteiger partial charge in [0.15, 0.2) is 0 Å². The fourth-order valence-corrected chi connectivity index (χ4v) is 1.34. The first-order valence-corrected chi connectivity index (χ1v) is 6.29. The smallest absolute Gasteiger partial charge is 0.243 e. The first-order valence-electron chi connectivity index (χ1n) is 5.75. The van der Waals surface area contributed by atoms with Crippen LogP contribution in [0.25, 0.3) is 0 Å². The summed E-state index contributed by atoms with van der Waals surface area (Å²) < 4.78 is 13.3. The fraction of sp³-hybridized carbons (Fsp3) is 0.385. The van der Waals surface area contributed by atoms with Gasteiger partial charge in [-0.2, -0.15) is 0 Å². The largest absolute Gasteiger partial charge is 0.347 e. The summed E-state index contributed by atoms with van der Waals surface area (Å²) >= 11 is 5.64. The highest BCUT2D eigenvalue weighted by atomic mass is 35.5. The molecule has 1 aromatic carbocycles. The number of alkyl halides is 1. The number of para-hydroxylation sites is 1. The molecule has 6 heteroatoms. The molecule has 0 saturated heterocycles. The predicted octanol–water partition coefficient (Wildman–Crippen LogP) is 2.15. The number of nitrogens with one attached hydrogen (secondary N) is 2. The molecule has 2 amide bonds. The average molecular weight is 287 g/mol. The predicted molar refractivity (Wildman–Crippen MR) is 72.5 cm³/mol. The van der Waals surface area contributed by atoms with Gasteiger partial charge in [-0.1, -0.05) is 12.1 Å². The summed E-state index contributed by atoms with van der Waals surface area (Å²) in [5, 5.41) is 4.83. The molecule has 0 atom stereocenters. The second-order valence-electron chi connectivity index (χ2n) is 4.73. The highest BCUT2D eigenvalue weighted by Crippen LogP contribution is 2.16. The highest BCUT2D eigenvalue weighted by Gasteiger charge is 2.26. The van der Waals surface area contributed by atoms with Gasteiger partial charge in [0.1, 0.15) is 5.82 Å². The topological polar surface area (TPSA) is 58.2 Å². The Balaban J connectivity index is 2.49. The maximum Gasteiger partial charge on any atom is 0.243 e. The van der Waals surface area contributed by atoms with Gasteiger partial charge in [-0.15, -0.1) is 11.6 Å². The molecule has 0 radical (unpaired) electrons. The van der Waals surface area contributed by atoms with Gasteiger partial charge in [0.2, 0.25) is 11.8 Å². The number of anilines is 1. The molecular weight excluding hydrogens is 271 g/mol. The van der Waals surface area contributed by atoms with Crippen molar-refractivity contribution in [2.75, 3.05) is 17.7 Å². The Kier molecular flexibility index (Phi) is 5.30. The van der Waals surface area contributed by atoms with E-state index in [1.54, 1.807) is 19.9 Å². The maximum absolute atomic E-state index is 13.3. The molecule has 0 heterocycles. The fourth-order valence-electron chi connectivity index (χ4n) is 1.22. The Morgan fingerprint density at radius 3 is 2.53 bits per heavy atom. The van der Waals surface area contributed by atoms with Crippen LogP contribution in [0.5, 0.6) is 0 Å². The molecule has 1 aromatic rings. The molecule has 0 bridgehead atoms. The minimum atomic E-state index is -0.750. The normalized spacial score (nSPS) is 10.9. The molecule has 0 aliphatic carbocycles. The molecule has 0 aliphatic heterocycles. The van der Waals surface area contributed by atoms with Crippen molar-refractivity contribution in [3.8, 4) is 0 Å². The number of rotatable bonds is 5. The molecule has 104 valence electrons. The van der Waals surface area contributed by atoms with Crippen LogP contribution in [0.1, 0.15) is 13.8 Å². The van der Waals surface area contributed by atoms with Gasteiger partial charge in [0.25, 0.3) is 0 Å². The molecule has 19 heavy (non-hydrogen) atoms. The Hall–Kier alpha value is -1.62. The summed E-state index contributed by atoms with van der Waals surface area (Å²) in [6, 6.07) is 5.81. The van der Waals surface area contributed by atoms with Crippen LogP contribution >= 0.6 is 11.6 Å². The number of amides is 2. The number of hydrogen-bond acceptors (Lipinski definition) is 2. The Bertz CT molecular complexity index is 477. The molecule has 0 spiro atoms. The minimum absolute atomic E-state index is 0.0818. The lowest BCUT2D eigenvalue weighted by Gasteiger charge is -2.20. The van der Waals surface area contributed by atoms with Crippen molar-refractivity contribution >= 4 is 29.1 Å². The first-order chi connectivity index (χ1) is 8.86. The molecule has 0 fully saturated rings. The van der Waals surface area contributed by atoms with E-state index in [-0.39, 0.29) is 24.0 Å². The number of hydrogen-bond donors (Lipinski definition) is 2. The lowest BCUT2D eigenvalue weighted by Crippen LogP contribution is -2.41. The summed E-state index contributed by atoms with van der Waals surface area (Å²) in [4.78, 5) is 23.2. The number of halogens is 2. The van der Waals surface area contributed by atoms with E-state index in [9.17, 15) is 14.0 Å². The number of carbonyl (C=O) groups excluding carboxylic acids is 2. The Labute approximate surface area is 116 Å². The second kappa shape index (κ2) is 6.52. The zero-order chi connectivity index (χ0) is 14.5. The van der Waals surface area contributed by atoms with Crippen molar-refractivity contribution in [1.29, 1.82) is 0 Å². The number of carbonyl (C=O) groups is 2. The summed E-state index contributed by atoms with van der Waals surface area (Å²) in [5.41, 5.74) is -0.668. The zero-order valence-electron chi connectivity index (χ0n) is 10.8. The molecule has 0 unspecified atom stereocenters. The van der Waals surface area contributed by atoms with Crippen molar-refractivity contribution in [3.63, 3.8) is 0 Å². The summed E-state index contributed by atoms with van der Waals surface area (Å²) in [5.74, 6) is -1.20. The summed E-state index contributed by atoms with van der Waals surface area (Å²) in [6.07, 6.45) is 0. The van der Waals surface area contributed by atoms with Crippen molar-refractivity contribution in [2.45, 2.75) is 13.8 Å². The summed E-state index contributed by atoms with van der Waals surface area (Å²) in [6.45, 7) is 3.11. The average Bonchev–Trinajstić information content (AvgIpc) is 2.38. The third kappa shape index (κ3) is 4.52. The van der Waals surface area contributed by atoms with Crippen LogP contribution in [0.4, 0.5) is 10.1 Å². The van der Waals surface area contributed by atoms with Gasteiger partial charge >= 0.3 is 0 Å². The van der Waals surface area contributed by atoms with Crippen LogP contribution in [0.3, 0.4) is 0 Å². The van der Waals surface area contributed by atoms with E-state index in [2.05, 4.69) is 10.6 Å². The van der Waals surface area contributed by atoms with E-state index in [1.807, 2.05) is 0 Å². The van der Waals surface area contributed by atoms with E-state index in [1.165, 1.54) is 18.2 Å². The third-order valence-electron chi connectivity index (χ3n) is 2.51. The van der Waals surface area contributed by atoms with E-state index in [0.29, 0.717) is 0 Å². The first kappa shape index (κ1) is 15.4. The van der Waals surface area contributed by atoms with E-state index in [4.69, 9.17) is 11.6 Å². The van der Waals surface area contributed by atoms with Crippen LogP contribution in [0.15, 0.2) is 24.3 Å². The SMILES string of the molecule is CC(C)(CCl)C(=O)NCC(=O)Nc1ccccc1F. The van der Waals surface area contributed by atoms with Crippen LogP contribution in [0.2, 0.25) is 0 Å². The van der Waals surface area contributed by atoms with Gasteiger partial charge in [-0.25, -0.2) is 4.39 Å². The highest BCUT2D eigenvalue weighted by molar-refractivity contribution is 6.19. The van der Waals surface area contributed by atoms with Crippen LogP contribution in [0, 0.1) is 11.2 Å². The molecule has 1 rings (SSSR count). The van der Waals surface area contributed by atoms with Crippen LogP contribution in [-0.4, -0.2) is 24.2 Å². The van der Waals surface area contributed by atoms with Gasteiger partial charge in [0, 0.05) is 5.88 Å². The van der Waals surface area contributed by atoms with Gasteiger partial charge in [0.05, 0.1) is 17.6 Å². The standard InChI is InChI=1S/C13H16ClFN2O2/c1-13(2,8-14)12(19)16-7-11(18)17-10-6-4-3-5-9(10)15/h3-6H,7-8H2,1-2H3,(H,16,19)(H,17,18). The van der Waals surface area contributed by atoms with Gasteiger partial charge in [-0.3, -0.25) is 9.59 Å². The van der Waals surface area contributed by atoms with E-state index in [0.717, 1.165) is 0 Å². The molecular formula is C13H16ClFN2O2. The molecule has 0 aromatic heterocycles. The van der Waals surface area contributed by atoms with Crippen molar-refractivity contribution in [3.05, 3.63) is 30.1 Å². The van der Waals surface area contributed by atoms with Crippen molar-refractivity contribution in [1.82, 2.24) is 5.32 Å². The lowest BCUT2D eigenvalue weighted by molar-refractivity contribution is -0.130. The van der Waals surface area contributed by atoms with Gasteiger partial charge in [-0.05, 0) is 26.0 Å². The minimum Gasteiger partial charge on any atom is -0.347 e. The number of benzene rings is 1. The molecule has 2 N–H and O–H groups in total. The second-order valence-corrected chi connectivity index (χ2v) is 5.00. The van der Waals surface area contributed by atoms with E-state index >= 15 is 0 Å². The third-order valence-corrected chi connectivity index (χ3v) is 3.17. The molecule has 4 nitrogen and oxygen atoms in total.